The molecule has 4 heterocycles. The standard InChI is InChI=1S/C16H15F3N6O/c17-16(18,19)14-5-8-24(22-14)12-4-2-7-23(10-12)15(26)13-9-11-3-1-6-20-25(11)21-13/h1,3,5-6,8-9,12H,2,4,7,10H2. The average molecular weight is 364 g/mol. The van der Waals surface area contributed by atoms with Gasteiger partial charge in [-0.25, -0.2) is 0 Å². The molecule has 1 saturated heterocycles. The number of hydrogen-bond acceptors (Lipinski definition) is 4. The Morgan fingerprint density at radius 2 is 2.08 bits per heavy atom. The van der Waals surface area contributed by atoms with Crippen LogP contribution in [0.3, 0.4) is 0 Å². The zero-order chi connectivity index (χ0) is 18.3. The number of carbonyl (C=O) groups is 1. The van der Waals surface area contributed by atoms with Gasteiger partial charge in [-0.15, -0.1) is 5.10 Å². The van der Waals surface area contributed by atoms with Crippen molar-refractivity contribution < 1.29 is 18.0 Å². The van der Waals surface area contributed by atoms with Crippen molar-refractivity contribution in [2.24, 2.45) is 0 Å². The van der Waals surface area contributed by atoms with E-state index in [9.17, 15) is 18.0 Å². The smallest absolute Gasteiger partial charge is 0.335 e. The molecule has 1 amide bonds. The van der Waals surface area contributed by atoms with Crippen LogP contribution in [-0.4, -0.2) is 48.5 Å². The Labute approximate surface area is 146 Å². The van der Waals surface area contributed by atoms with Gasteiger partial charge in [-0.3, -0.25) is 9.48 Å². The van der Waals surface area contributed by atoms with Gasteiger partial charge in [0.05, 0.1) is 11.6 Å². The summed E-state index contributed by atoms with van der Waals surface area (Å²) in [6.45, 7) is 0.823. The lowest BCUT2D eigenvalue weighted by molar-refractivity contribution is -0.141. The van der Waals surface area contributed by atoms with Gasteiger partial charge in [0.15, 0.2) is 11.4 Å². The molecule has 0 spiro atoms. The van der Waals surface area contributed by atoms with Gasteiger partial charge in [-0.1, -0.05) is 0 Å². The van der Waals surface area contributed by atoms with Crippen LogP contribution in [0.4, 0.5) is 13.2 Å². The lowest BCUT2D eigenvalue weighted by Gasteiger charge is -2.32. The maximum absolute atomic E-state index is 12.7. The van der Waals surface area contributed by atoms with Crippen LogP contribution >= 0.6 is 0 Å². The first kappa shape index (κ1) is 16.6. The SMILES string of the molecule is O=C(c1cc2cccnn2n1)N1CCCC(n2ccc(C(F)(F)F)n2)C1. The second-order valence-corrected chi connectivity index (χ2v) is 6.19. The third-order valence-electron chi connectivity index (χ3n) is 4.42. The van der Waals surface area contributed by atoms with E-state index in [0.29, 0.717) is 31.4 Å². The number of hydrogen-bond donors (Lipinski definition) is 0. The molecule has 7 nitrogen and oxygen atoms in total. The summed E-state index contributed by atoms with van der Waals surface area (Å²) in [7, 11) is 0. The van der Waals surface area contributed by atoms with Crippen LogP contribution in [0.25, 0.3) is 5.52 Å². The van der Waals surface area contributed by atoms with E-state index in [-0.39, 0.29) is 17.6 Å². The summed E-state index contributed by atoms with van der Waals surface area (Å²) >= 11 is 0. The lowest BCUT2D eigenvalue weighted by atomic mass is 10.1. The lowest BCUT2D eigenvalue weighted by Crippen LogP contribution is -2.41. The van der Waals surface area contributed by atoms with E-state index in [4.69, 9.17) is 0 Å². The number of alkyl halides is 3. The molecule has 4 rings (SSSR count). The fraction of sp³-hybridized carbons (Fsp3) is 0.375. The molecule has 0 N–H and O–H groups in total. The number of piperidine rings is 1. The molecule has 0 aliphatic carbocycles. The molecular formula is C16H15F3N6O. The van der Waals surface area contributed by atoms with E-state index in [0.717, 1.165) is 6.07 Å². The molecule has 1 aliphatic heterocycles. The normalized spacial score (nSPS) is 18.4. The Kier molecular flexibility index (Phi) is 3.89. The van der Waals surface area contributed by atoms with Crippen LogP contribution < -0.4 is 0 Å². The molecule has 1 aliphatic rings. The van der Waals surface area contributed by atoms with Gasteiger partial charge < -0.3 is 4.90 Å². The van der Waals surface area contributed by atoms with Gasteiger partial charge in [-0.05, 0) is 37.1 Å². The highest BCUT2D eigenvalue weighted by Gasteiger charge is 2.35. The summed E-state index contributed by atoms with van der Waals surface area (Å²) in [5.74, 6) is -0.261. The van der Waals surface area contributed by atoms with Crippen LogP contribution in [0, 0.1) is 0 Å². The molecule has 136 valence electrons. The second-order valence-electron chi connectivity index (χ2n) is 6.19. The van der Waals surface area contributed by atoms with Crippen molar-refractivity contribution in [2.45, 2.75) is 25.1 Å². The zero-order valence-electron chi connectivity index (χ0n) is 13.6. The second kappa shape index (κ2) is 6.11. The number of likely N-dealkylation sites (tertiary alicyclic amines) is 1. The molecule has 1 unspecified atom stereocenters. The third-order valence-corrected chi connectivity index (χ3v) is 4.42. The molecule has 26 heavy (non-hydrogen) atoms. The van der Waals surface area contributed by atoms with Gasteiger partial charge in [-0.2, -0.15) is 28.0 Å². The predicted molar refractivity (Wildman–Crippen MR) is 84.4 cm³/mol. The van der Waals surface area contributed by atoms with Crippen molar-refractivity contribution in [2.75, 3.05) is 13.1 Å². The van der Waals surface area contributed by atoms with Crippen molar-refractivity contribution in [3.8, 4) is 0 Å². The maximum atomic E-state index is 12.7. The van der Waals surface area contributed by atoms with Crippen LogP contribution in [0.15, 0.2) is 36.7 Å². The monoisotopic (exact) mass is 364 g/mol. The Balaban J connectivity index is 1.52. The molecular weight excluding hydrogens is 349 g/mol. The largest absolute Gasteiger partial charge is 0.435 e. The molecule has 0 radical (unpaired) electrons. The van der Waals surface area contributed by atoms with Gasteiger partial charge in [0.25, 0.3) is 5.91 Å². The Morgan fingerprint density at radius 1 is 1.23 bits per heavy atom. The number of aromatic nitrogens is 5. The quantitative estimate of drug-likeness (QED) is 0.700. The molecule has 3 aromatic heterocycles. The highest BCUT2D eigenvalue weighted by atomic mass is 19.4. The number of rotatable bonds is 2. The maximum Gasteiger partial charge on any atom is 0.435 e. The number of fused-ring (bicyclic) bond motifs is 1. The Bertz CT molecular complexity index is 914. The van der Waals surface area contributed by atoms with Crippen LogP contribution in [-0.2, 0) is 6.18 Å². The van der Waals surface area contributed by atoms with Crippen molar-refractivity contribution in [1.29, 1.82) is 0 Å². The number of nitrogens with zero attached hydrogens (tertiary/aromatic N) is 6. The molecule has 10 heteroatoms. The number of carbonyl (C=O) groups excluding carboxylic acids is 1. The minimum absolute atomic E-state index is 0.261. The van der Waals surface area contributed by atoms with E-state index in [2.05, 4.69) is 15.3 Å². The van der Waals surface area contributed by atoms with E-state index >= 15 is 0 Å². The topological polar surface area (TPSA) is 68.3 Å². The summed E-state index contributed by atoms with van der Waals surface area (Å²) in [6, 6.07) is 5.85. The van der Waals surface area contributed by atoms with Crippen LogP contribution in [0.2, 0.25) is 0 Å². The summed E-state index contributed by atoms with van der Waals surface area (Å²) in [5.41, 5.74) is 0.0412. The minimum atomic E-state index is -4.47. The summed E-state index contributed by atoms with van der Waals surface area (Å²) < 4.78 is 40.9. The zero-order valence-corrected chi connectivity index (χ0v) is 13.6. The van der Waals surface area contributed by atoms with Gasteiger partial charge in [0.2, 0.25) is 0 Å². The summed E-state index contributed by atoms with van der Waals surface area (Å²) in [6.07, 6.45) is -0.241. The molecule has 0 bridgehead atoms. The summed E-state index contributed by atoms with van der Waals surface area (Å²) in [5, 5.41) is 11.8. The van der Waals surface area contributed by atoms with Crippen molar-refractivity contribution in [3.63, 3.8) is 0 Å². The Morgan fingerprint density at radius 3 is 2.81 bits per heavy atom. The summed E-state index contributed by atoms with van der Waals surface area (Å²) in [4.78, 5) is 14.3. The predicted octanol–water partition coefficient (Wildman–Crippen LogP) is 2.42. The first-order valence-corrected chi connectivity index (χ1v) is 8.14. The number of halogens is 3. The minimum Gasteiger partial charge on any atom is -0.335 e. The Hall–Kier alpha value is -2.91. The number of amides is 1. The molecule has 0 saturated carbocycles. The molecule has 1 atom stereocenters. The van der Waals surface area contributed by atoms with Crippen LogP contribution in [0.1, 0.15) is 35.1 Å². The van der Waals surface area contributed by atoms with E-state index in [1.807, 2.05) is 0 Å². The van der Waals surface area contributed by atoms with E-state index in [1.54, 1.807) is 29.3 Å². The first-order chi connectivity index (χ1) is 12.4. The average Bonchev–Trinajstić information content (AvgIpc) is 3.28. The van der Waals surface area contributed by atoms with E-state index in [1.165, 1.54) is 15.5 Å². The third kappa shape index (κ3) is 3.02. The molecule has 1 fully saturated rings. The fourth-order valence-electron chi connectivity index (χ4n) is 3.15. The van der Waals surface area contributed by atoms with Crippen molar-refractivity contribution in [3.05, 3.63) is 48.0 Å². The molecule has 0 aromatic carbocycles. The van der Waals surface area contributed by atoms with Crippen molar-refractivity contribution in [1.82, 2.24) is 29.5 Å². The van der Waals surface area contributed by atoms with E-state index < -0.39 is 11.9 Å². The highest BCUT2D eigenvalue weighted by molar-refractivity contribution is 5.93. The van der Waals surface area contributed by atoms with Crippen LogP contribution in [0.5, 0.6) is 0 Å². The molecule has 3 aromatic rings. The van der Waals surface area contributed by atoms with Gasteiger partial charge >= 0.3 is 6.18 Å². The first-order valence-electron chi connectivity index (χ1n) is 8.14. The highest BCUT2D eigenvalue weighted by Crippen LogP contribution is 2.29. The van der Waals surface area contributed by atoms with Gasteiger partial charge in [0.1, 0.15) is 0 Å². The fourth-order valence-corrected chi connectivity index (χ4v) is 3.15. The van der Waals surface area contributed by atoms with Crippen molar-refractivity contribution >= 4 is 11.4 Å². The van der Waals surface area contributed by atoms with Gasteiger partial charge in [0, 0.05) is 25.5 Å².